The standard InChI is InChI=1S/C32H39N5O4/c1-4-16-36-27-22-26(33-29(27)31(39)37(17-5-2)32(36)40)23-12-14-25(15-13-23)41-28(6-3)30(38)35-20-18-34(19-21-35)24-10-8-7-9-11-24/h7-15,22,28,33H,4-6,16-21H2,1-3H3. The van der Waals surface area contributed by atoms with Crippen LogP contribution in [0.25, 0.3) is 22.3 Å². The van der Waals surface area contributed by atoms with Crippen molar-refractivity contribution in [3.05, 3.63) is 81.5 Å². The van der Waals surface area contributed by atoms with E-state index in [1.54, 1.807) is 4.57 Å². The number of aromatic nitrogens is 3. The number of carbonyl (C=O) groups excluding carboxylic acids is 1. The molecule has 1 aliphatic heterocycles. The summed E-state index contributed by atoms with van der Waals surface area (Å²) in [5.74, 6) is 0.623. The Kier molecular flexibility index (Phi) is 8.61. The van der Waals surface area contributed by atoms with Gasteiger partial charge in [-0.2, -0.15) is 0 Å². The molecule has 1 N–H and O–H groups in total. The maximum atomic E-state index is 13.3. The van der Waals surface area contributed by atoms with Crippen LogP contribution >= 0.6 is 0 Å². The van der Waals surface area contributed by atoms with E-state index in [1.807, 2.05) is 74.2 Å². The van der Waals surface area contributed by atoms with Crippen molar-refractivity contribution in [1.29, 1.82) is 0 Å². The van der Waals surface area contributed by atoms with Gasteiger partial charge in [0.05, 0.1) is 5.52 Å². The highest BCUT2D eigenvalue weighted by Crippen LogP contribution is 2.26. The number of aryl methyl sites for hydroxylation is 1. The molecule has 9 heteroatoms. The van der Waals surface area contributed by atoms with E-state index in [1.165, 1.54) is 10.3 Å². The zero-order valence-electron chi connectivity index (χ0n) is 24.1. The number of hydrogen-bond acceptors (Lipinski definition) is 5. The fraction of sp³-hybridized carbons (Fsp3) is 0.406. The van der Waals surface area contributed by atoms with Crippen molar-refractivity contribution in [3.8, 4) is 17.0 Å². The number of amides is 1. The van der Waals surface area contributed by atoms with Crippen LogP contribution < -0.4 is 20.9 Å². The number of ether oxygens (including phenoxy) is 1. The van der Waals surface area contributed by atoms with Crippen molar-refractivity contribution in [2.45, 2.75) is 59.2 Å². The second-order valence-corrected chi connectivity index (χ2v) is 10.5. The van der Waals surface area contributed by atoms with Gasteiger partial charge >= 0.3 is 5.69 Å². The Hall–Kier alpha value is -4.27. The molecule has 0 aliphatic carbocycles. The molecule has 0 radical (unpaired) electrons. The Morgan fingerprint density at radius 1 is 0.878 bits per heavy atom. The summed E-state index contributed by atoms with van der Waals surface area (Å²) in [6.07, 6.45) is 1.50. The van der Waals surface area contributed by atoms with Gasteiger partial charge in [-0.05, 0) is 67.3 Å². The number of aromatic amines is 1. The molecule has 1 fully saturated rings. The average Bonchev–Trinajstić information content (AvgIpc) is 3.46. The molecule has 216 valence electrons. The van der Waals surface area contributed by atoms with Crippen molar-refractivity contribution >= 4 is 22.6 Å². The van der Waals surface area contributed by atoms with Gasteiger partial charge in [0.25, 0.3) is 11.5 Å². The van der Waals surface area contributed by atoms with Crippen LogP contribution in [0.15, 0.2) is 70.3 Å². The smallest absolute Gasteiger partial charge is 0.331 e. The molecule has 41 heavy (non-hydrogen) atoms. The van der Waals surface area contributed by atoms with E-state index in [0.29, 0.717) is 55.8 Å². The van der Waals surface area contributed by atoms with Crippen molar-refractivity contribution in [2.75, 3.05) is 31.1 Å². The lowest BCUT2D eigenvalue weighted by Gasteiger charge is -2.37. The van der Waals surface area contributed by atoms with E-state index in [9.17, 15) is 14.4 Å². The van der Waals surface area contributed by atoms with Crippen molar-refractivity contribution in [3.63, 3.8) is 0 Å². The van der Waals surface area contributed by atoms with Crippen LogP contribution in [0, 0.1) is 0 Å². The predicted molar refractivity (Wildman–Crippen MR) is 163 cm³/mol. The number of anilines is 1. The van der Waals surface area contributed by atoms with E-state index in [4.69, 9.17) is 4.74 Å². The number of piperazine rings is 1. The Morgan fingerprint density at radius 2 is 1.54 bits per heavy atom. The van der Waals surface area contributed by atoms with Crippen LogP contribution in [0.5, 0.6) is 5.75 Å². The Labute approximate surface area is 240 Å². The van der Waals surface area contributed by atoms with Crippen LogP contribution in [0.4, 0.5) is 5.69 Å². The first-order valence-electron chi connectivity index (χ1n) is 14.7. The van der Waals surface area contributed by atoms with E-state index >= 15 is 0 Å². The highest BCUT2D eigenvalue weighted by molar-refractivity contribution is 5.83. The molecule has 0 bridgehead atoms. The van der Waals surface area contributed by atoms with E-state index in [0.717, 1.165) is 30.8 Å². The highest BCUT2D eigenvalue weighted by atomic mass is 16.5. The lowest BCUT2D eigenvalue weighted by atomic mass is 10.1. The molecule has 1 atom stereocenters. The lowest BCUT2D eigenvalue weighted by Crippen LogP contribution is -2.52. The summed E-state index contributed by atoms with van der Waals surface area (Å²) in [4.78, 5) is 46.9. The molecular formula is C32H39N5O4. The number of carbonyl (C=O) groups is 1. The fourth-order valence-electron chi connectivity index (χ4n) is 5.52. The summed E-state index contributed by atoms with van der Waals surface area (Å²) in [6, 6.07) is 19.6. The summed E-state index contributed by atoms with van der Waals surface area (Å²) < 4.78 is 9.15. The van der Waals surface area contributed by atoms with Gasteiger partial charge in [0, 0.05) is 50.6 Å². The Balaban J connectivity index is 1.30. The molecule has 2 aromatic heterocycles. The van der Waals surface area contributed by atoms with Gasteiger partial charge < -0.3 is 19.5 Å². The third-order valence-corrected chi connectivity index (χ3v) is 7.71. The van der Waals surface area contributed by atoms with E-state index in [-0.39, 0.29) is 17.2 Å². The van der Waals surface area contributed by atoms with Crippen LogP contribution in [0.1, 0.15) is 40.0 Å². The van der Waals surface area contributed by atoms with Crippen molar-refractivity contribution < 1.29 is 9.53 Å². The molecule has 1 amide bonds. The van der Waals surface area contributed by atoms with Crippen molar-refractivity contribution in [1.82, 2.24) is 19.0 Å². The van der Waals surface area contributed by atoms with E-state index < -0.39 is 6.10 Å². The molecule has 0 spiro atoms. The summed E-state index contributed by atoms with van der Waals surface area (Å²) in [6.45, 7) is 9.76. The van der Waals surface area contributed by atoms with Crippen molar-refractivity contribution in [2.24, 2.45) is 0 Å². The molecule has 5 rings (SSSR count). The molecule has 4 aromatic rings. The first kappa shape index (κ1) is 28.3. The summed E-state index contributed by atoms with van der Waals surface area (Å²) in [5, 5.41) is 0. The van der Waals surface area contributed by atoms with Gasteiger partial charge in [-0.1, -0.05) is 39.0 Å². The largest absolute Gasteiger partial charge is 0.481 e. The Bertz CT molecular complexity index is 1600. The quantitative estimate of drug-likeness (QED) is 0.310. The number of benzene rings is 2. The first-order valence-corrected chi connectivity index (χ1v) is 14.7. The van der Waals surface area contributed by atoms with Crippen LogP contribution in [-0.2, 0) is 17.9 Å². The van der Waals surface area contributed by atoms with Crippen LogP contribution in [-0.4, -0.2) is 57.2 Å². The first-order chi connectivity index (χ1) is 19.9. The van der Waals surface area contributed by atoms with Gasteiger partial charge in [-0.15, -0.1) is 0 Å². The molecule has 1 saturated heterocycles. The van der Waals surface area contributed by atoms with Gasteiger partial charge in [-0.3, -0.25) is 18.7 Å². The number of H-pyrrole nitrogens is 1. The third-order valence-electron chi connectivity index (χ3n) is 7.71. The Morgan fingerprint density at radius 3 is 2.17 bits per heavy atom. The van der Waals surface area contributed by atoms with Crippen LogP contribution in [0.3, 0.4) is 0 Å². The number of rotatable bonds is 10. The second-order valence-electron chi connectivity index (χ2n) is 10.5. The number of para-hydroxylation sites is 1. The maximum Gasteiger partial charge on any atom is 0.331 e. The maximum absolute atomic E-state index is 13.3. The van der Waals surface area contributed by atoms with Gasteiger partial charge in [0.1, 0.15) is 11.3 Å². The second kappa shape index (κ2) is 12.5. The minimum atomic E-state index is -0.558. The average molecular weight is 558 g/mol. The molecule has 2 aromatic carbocycles. The highest BCUT2D eigenvalue weighted by Gasteiger charge is 2.28. The summed E-state index contributed by atoms with van der Waals surface area (Å²) in [5.41, 5.74) is 3.29. The SMILES string of the molecule is CCCn1c(=O)c2[nH]c(-c3ccc(OC(CC)C(=O)N4CCN(c5ccccc5)CC4)cc3)cc2n(CCC)c1=O. The van der Waals surface area contributed by atoms with Crippen LogP contribution in [0.2, 0.25) is 0 Å². The molecule has 1 unspecified atom stereocenters. The number of nitrogens with zero attached hydrogens (tertiary/aromatic N) is 4. The van der Waals surface area contributed by atoms with E-state index in [2.05, 4.69) is 22.0 Å². The summed E-state index contributed by atoms with van der Waals surface area (Å²) in [7, 11) is 0. The zero-order chi connectivity index (χ0) is 28.9. The van der Waals surface area contributed by atoms with Gasteiger partial charge in [0.2, 0.25) is 0 Å². The molecule has 1 aliphatic rings. The third kappa shape index (κ3) is 5.80. The fourth-order valence-corrected chi connectivity index (χ4v) is 5.52. The molecule has 3 heterocycles. The normalized spacial score (nSPS) is 14.4. The minimum Gasteiger partial charge on any atom is -0.481 e. The van der Waals surface area contributed by atoms with Gasteiger partial charge in [-0.25, -0.2) is 4.79 Å². The number of nitrogens with one attached hydrogen (secondary N) is 1. The minimum absolute atomic E-state index is 0.0113. The zero-order valence-corrected chi connectivity index (χ0v) is 24.1. The molecular weight excluding hydrogens is 518 g/mol. The lowest BCUT2D eigenvalue weighted by molar-refractivity contribution is -0.139. The summed E-state index contributed by atoms with van der Waals surface area (Å²) >= 11 is 0. The molecule has 0 saturated carbocycles. The number of hydrogen-bond donors (Lipinski definition) is 1. The molecule has 9 nitrogen and oxygen atoms in total. The topological polar surface area (TPSA) is 92.6 Å². The monoisotopic (exact) mass is 557 g/mol. The van der Waals surface area contributed by atoms with Gasteiger partial charge in [0.15, 0.2) is 6.10 Å². The number of fused-ring (bicyclic) bond motifs is 1. The predicted octanol–water partition coefficient (Wildman–Crippen LogP) is 4.48.